The third-order valence-corrected chi connectivity index (χ3v) is 12.8. The molecule has 0 aromatic carbocycles. The van der Waals surface area contributed by atoms with Crippen molar-refractivity contribution in [2.24, 2.45) is 0 Å². The zero-order valence-electron chi connectivity index (χ0n) is 15.5. The van der Waals surface area contributed by atoms with Crippen molar-refractivity contribution in [3.8, 4) is 0 Å². The number of hydrogen-bond acceptors (Lipinski definition) is 2. The van der Waals surface area contributed by atoms with Crippen LogP contribution in [0.2, 0.25) is 0 Å². The average Bonchev–Trinajstić information content (AvgIpc) is 2.09. The third-order valence-electron chi connectivity index (χ3n) is 4.33. The second-order valence-electron chi connectivity index (χ2n) is 9.59. The monoisotopic (exact) mass is 388 g/mol. The molecule has 1 fully saturated rings. The van der Waals surface area contributed by atoms with E-state index in [1.165, 1.54) is 19.3 Å². The molecule has 3 heteroatoms. The normalized spacial score (nSPS) is 24.1. The molecule has 1 saturated heterocycles. The zero-order valence-corrected chi connectivity index (χ0v) is 18.4. The minimum absolute atomic E-state index is 0.258. The maximum atomic E-state index is 2.91. The van der Waals surface area contributed by atoms with Crippen LogP contribution in [0.3, 0.4) is 0 Å². The summed E-state index contributed by atoms with van der Waals surface area (Å²) in [7, 11) is 0. The SMILES string of the molecule is CC(C)(C)[N]([Sn][N]1C(C)(C)CCCC1(C)C)C(C)(C)C. The van der Waals surface area contributed by atoms with Crippen LogP contribution in [0.1, 0.15) is 88.5 Å². The van der Waals surface area contributed by atoms with Crippen molar-refractivity contribution >= 4 is 21.7 Å². The first kappa shape index (κ1) is 18.8. The first-order valence-electron chi connectivity index (χ1n) is 8.05. The van der Waals surface area contributed by atoms with E-state index in [1.54, 1.807) is 0 Å². The van der Waals surface area contributed by atoms with Crippen molar-refractivity contribution in [1.82, 2.24) is 6.24 Å². The Kier molecular flexibility index (Phi) is 5.38. The van der Waals surface area contributed by atoms with Crippen molar-refractivity contribution in [3.05, 3.63) is 0 Å². The van der Waals surface area contributed by atoms with Crippen LogP contribution in [0.4, 0.5) is 0 Å². The molecule has 0 bridgehead atoms. The van der Waals surface area contributed by atoms with Crippen LogP contribution in [-0.2, 0) is 0 Å². The first-order chi connectivity index (χ1) is 8.68. The van der Waals surface area contributed by atoms with Gasteiger partial charge in [-0.1, -0.05) is 0 Å². The Morgan fingerprint density at radius 3 is 1.45 bits per heavy atom. The summed E-state index contributed by atoms with van der Waals surface area (Å²) < 4.78 is 5.72. The molecule has 0 atom stereocenters. The second kappa shape index (κ2) is 5.73. The van der Waals surface area contributed by atoms with E-state index in [9.17, 15) is 0 Å². The van der Waals surface area contributed by atoms with E-state index in [0.717, 1.165) is 0 Å². The van der Waals surface area contributed by atoms with Gasteiger partial charge >= 0.3 is 139 Å². The molecule has 2 radical (unpaired) electrons. The van der Waals surface area contributed by atoms with Crippen molar-refractivity contribution in [3.63, 3.8) is 0 Å². The van der Waals surface area contributed by atoms with Gasteiger partial charge in [-0.3, -0.25) is 0 Å². The van der Waals surface area contributed by atoms with E-state index < -0.39 is 21.7 Å². The summed E-state index contributed by atoms with van der Waals surface area (Å²) in [5, 5.41) is 0. The summed E-state index contributed by atoms with van der Waals surface area (Å²) in [5.41, 5.74) is 1.24. The van der Waals surface area contributed by atoms with Gasteiger partial charge in [-0.05, 0) is 0 Å². The Balaban J connectivity index is 3.07. The van der Waals surface area contributed by atoms with Crippen LogP contribution in [0.25, 0.3) is 0 Å². The summed E-state index contributed by atoms with van der Waals surface area (Å²) in [4.78, 5) is 0. The molecule has 0 saturated carbocycles. The molecule has 1 aliphatic heterocycles. The Labute approximate surface area is 138 Å². The van der Waals surface area contributed by atoms with Crippen LogP contribution in [0.15, 0.2) is 0 Å². The Morgan fingerprint density at radius 2 is 1.15 bits per heavy atom. The van der Waals surface area contributed by atoms with Crippen molar-refractivity contribution in [1.29, 1.82) is 0 Å². The fourth-order valence-electron chi connectivity index (χ4n) is 3.67. The van der Waals surface area contributed by atoms with Gasteiger partial charge in [-0.15, -0.1) is 0 Å². The third kappa shape index (κ3) is 4.36. The molecule has 118 valence electrons. The van der Waals surface area contributed by atoms with Gasteiger partial charge < -0.3 is 0 Å². The molecule has 0 amide bonds. The number of hydrogen-bond donors (Lipinski definition) is 0. The Morgan fingerprint density at radius 1 is 0.800 bits per heavy atom. The van der Waals surface area contributed by atoms with Crippen molar-refractivity contribution in [2.75, 3.05) is 0 Å². The molecule has 0 spiro atoms. The van der Waals surface area contributed by atoms with Crippen LogP contribution >= 0.6 is 0 Å². The van der Waals surface area contributed by atoms with E-state index in [4.69, 9.17) is 0 Å². The van der Waals surface area contributed by atoms with Gasteiger partial charge in [0.05, 0.1) is 0 Å². The van der Waals surface area contributed by atoms with Crippen LogP contribution < -0.4 is 0 Å². The number of nitrogens with zero attached hydrogens (tertiary/aromatic N) is 2. The molecule has 1 aliphatic rings. The molecule has 1 heterocycles. The summed E-state index contributed by atoms with van der Waals surface area (Å²) >= 11 is -0.811. The molecule has 0 N–H and O–H groups in total. The molecule has 0 aromatic rings. The quantitative estimate of drug-likeness (QED) is 0.646. The predicted octanol–water partition coefficient (Wildman–Crippen LogP) is 4.46. The van der Waals surface area contributed by atoms with Gasteiger partial charge in [0.25, 0.3) is 0 Å². The van der Waals surface area contributed by atoms with E-state index in [-0.39, 0.29) is 11.1 Å². The summed E-state index contributed by atoms with van der Waals surface area (Å²) in [6.07, 6.45) is 4.07. The van der Waals surface area contributed by atoms with E-state index >= 15 is 0 Å². The van der Waals surface area contributed by atoms with Gasteiger partial charge in [-0.2, -0.15) is 0 Å². The Hall–Kier alpha value is 0.719. The van der Waals surface area contributed by atoms with Gasteiger partial charge in [0.1, 0.15) is 0 Å². The van der Waals surface area contributed by atoms with Crippen LogP contribution in [0, 0.1) is 0 Å². The molecular weight excluding hydrogens is 351 g/mol. The molecular formula is C17H36N2Sn. The maximum absolute atomic E-state index is 2.91. The molecule has 0 aromatic heterocycles. The fraction of sp³-hybridized carbons (Fsp3) is 1.00. The average molecular weight is 387 g/mol. The summed E-state index contributed by atoms with van der Waals surface area (Å²) in [6.45, 7) is 24.1. The predicted molar refractivity (Wildman–Crippen MR) is 90.9 cm³/mol. The van der Waals surface area contributed by atoms with Crippen LogP contribution in [0.5, 0.6) is 0 Å². The molecule has 1 rings (SSSR count). The summed E-state index contributed by atoms with van der Waals surface area (Å²) in [6, 6.07) is 0. The molecule has 2 nitrogen and oxygen atoms in total. The first-order valence-corrected chi connectivity index (χ1v) is 10.6. The van der Waals surface area contributed by atoms with Gasteiger partial charge in [0.15, 0.2) is 0 Å². The topological polar surface area (TPSA) is 6.48 Å². The summed E-state index contributed by atoms with van der Waals surface area (Å²) in [5.74, 6) is 0. The van der Waals surface area contributed by atoms with Gasteiger partial charge in [0, 0.05) is 0 Å². The van der Waals surface area contributed by atoms with Gasteiger partial charge in [-0.25, -0.2) is 0 Å². The number of piperidine rings is 1. The zero-order chi connectivity index (χ0) is 16.0. The van der Waals surface area contributed by atoms with Crippen molar-refractivity contribution < 1.29 is 0 Å². The number of rotatable bonds is 2. The minimum atomic E-state index is -0.811. The molecule has 20 heavy (non-hydrogen) atoms. The van der Waals surface area contributed by atoms with E-state index in [1.807, 2.05) is 0 Å². The van der Waals surface area contributed by atoms with Crippen LogP contribution in [-0.4, -0.2) is 50.1 Å². The second-order valence-corrected chi connectivity index (χ2v) is 12.7. The van der Waals surface area contributed by atoms with E-state index in [2.05, 4.69) is 75.5 Å². The molecule has 0 aliphatic carbocycles. The van der Waals surface area contributed by atoms with Crippen molar-refractivity contribution in [2.45, 2.75) is 111 Å². The Bertz CT molecular complexity index is 304. The van der Waals surface area contributed by atoms with Gasteiger partial charge in [0.2, 0.25) is 0 Å². The standard InChI is InChI=1S/C9H18N.C8H18N.Sn/c1-8(2)6-5-7-9(3,4)10-8;1-7(2,3)9-8(4,5)6;/h5-7H2,1-4H3;1-6H3;/q2*-1;+2. The molecule has 0 unspecified atom stereocenters. The van der Waals surface area contributed by atoms with E-state index in [0.29, 0.717) is 11.1 Å². The fourth-order valence-corrected chi connectivity index (χ4v) is 8.14.